The van der Waals surface area contributed by atoms with Crippen LogP contribution >= 0.6 is 11.3 Å². The second kappa shape index (κ2) is 9.53. The molecule has 6 heteroatoms. The number of aromatic nitrogens is 3. The normalized spacial score (nSPS) is 15.6. The molecule has 4 rings (SSSR count). The minimum atomic E-state index is 0.0862. The lowest BCUT2D eigenvalue weighted by Gasteiger charge is -2.31. The first-order chi connectivity index (χ1) is 16.3. The van der Waals surface area contributed by atoms with Crippen LogP contribution in [0.1, 0.15) is 87.7 Å². The summed E-state index contributed by atoms with van der Waals surface area (Å²) in [6.45, 7) is 19.5. The van der Waals surface area contributed by atoms with E-state index in [1.807, 2.05) is 40.8 Å². The molecule has 0 bridgehead atoms. The van der Waals surface area contributed by atoms with Crippen LogP contribution in [0.3, 0.4) is 0 Å². The molecule has 3 aromatic rings. The van der Waals surface area contributed by atoms with E-state index < -0.39 is 0 Å². The van der Waals surface area contributed by atoms with E-state index in [4.69, 9.17) is 4.98 Å². The van der Waals surface area contributed by atoms with E-state index in [1.54, 1.807) is 0 Å². The number of thiazole rings is 1. The van der Waals surface area contributed by atoms with Crippen molar-refractivity contribution in [3.05, 3.63) is 57.9 Å². The lowest BCUT2D eigenvalue weighted by Crippen LogP contribution is -2.39. The number of piperidine rings is 1. The molecule has 2 aromatic heterocycles. The van der Waals surface area contributed by atoms with E-state index >= 15 is 0 Å². The van der Waals surface area contributed by atoms with Gasteiger partial charge < -0.3 is 4.90 Å². The first kappa shape index (κ1) is 25.6. The summed E-state index contributed by atoms with van der Waals surface area (Å²) in [4.78, 5) is 21.0. The molecule has 1 amide bonds. The standard InChI is InChI=1S/C29H40N4OS/c1-19-13-20(2)33(31-19)18-26(34)32-11-9-21(10-12-32)25-17-30-27(35-25)22-14-23(28(3,4)5)16-24(15-22)29(6,7)8/h13-17,21H,9-12,18H2,1-8H3. The SMILES string of the molecule is Cc1cc(C)n(CC(=O)N2CCC(c3cnc(-c4cc(C(C)(C)C)cc(C(C)(C)C)c4)s3)CC2)n1. The number of aryl methyl sites for hydroxylation is 2. The summed E-state index contributed by atoms with van der Waals surface area (Å²) in [6, 6.07) is 9.01. The van der Waals surface area contributed by atoms with Crippen LogP contribution in [-0.4, -0.2) is 38.7 Å². The molecule has 1 saturated heterocycles. The summed E-state index contributed by atoms with van der Waals surface area (Å²) in [7, 11) is 0. The van der Waals surface area contributed by atoms with Crippen molar-refractivity contribution >= 4 is 17.2 Å². The molecule has 3 heterocycles. The molecule has 1 aromatic carbocycles. The van der Waals surface area contributed by atoms with Crippen LogP contribution in [0.4, 0.5) is 0 Å². The molecule has 0 atom stereocenters. The van der Waals surface area contributed by atoms with Crippen LogP contribution in [-0.2, 0) is 22.2 Å². The van der Waals surface area contributed by atoms with Crippen molar-refractivity contribution in [3.8, 4) is 10.6 Å². The predicted molar refractivity (Wildman–Crippen MR) is 145 cm³/mol. The second-order valence-corrected chi connectivity index (χ2v) is 13.2. The third kappa shape index (κ3) is 5.85. The predicted octanol–water partition coefficient (Wildman–Crippen LogP) is 6.62. The third-order valence-electron chi connectivity index (χ3n) is 7.07. The Labute approximate surface area is 214 Å². The van der Waals surface area contributed by atoms with E-state index in [-0.39, 0.29) is 16.7 Å². The summed E-state index contributed by atoms with van der Waals surface area (Å²) in [5.74, 6) is 0.625. The molecule has 1 aliphatic rings. The molecule has 0 radical (unpaired) electrons. The van der Waals surface area contributed by atoms with Gasteiger partial charge in [0.25, 0.3) is 0 Å². The number of likely N-dealkylation sites (tertiary alicyclic amines) is 1. The summed E-state index contributed by atoms with van der Waals surface area (Å²) >= 11 is 1.82. The van der Waals surface area contributed by atoms with Gasteiger partial charge in [-0.1, -0.05) is 47.6 Å². The average molecular weight is 493 g/mol. The fraction of sp³-hybridized carbons (Fsp3) is 0.552. The molecule has 1 fully saturated rings. The molecule has 0 N–H and O–H groups in total. The smallest absolute Gasteiger partial charge is 0.244 e. The van der Waals surface area contributed by atoms with Gasteiger partial charge in [-0.05, 0) is 72.8 Å². The Morgan fingerprint density at radius 2 is 1.57 bits per heavy atom. The van der Waals surface area contributed by atoms with Crippen LogP contribution < -0.4 is 0 Å². The molecule has 0 aliphatic carbocycles. The topological polar surface area (TPSA) is 51.0 Å². The number of benzene rings is 1. The molecule has 0 saturated carbocycles. The largest absolute Gasteiger partial charge is 0.341 e. The fourth-order valence-electron chi connectivity index (χ4n) is 4.70. The van der Waals surface area contributed by atoms with Gasteiger partial charge >= 0.3 is 0 Å². The number of hydrogen-bond donors (Lipinski definition) is 0. The molecule has 1 aliphatic heterocycles. The lowest BCUT2D eigenvalue weighted by atomic mass is 9.79. The van der Waals surface area contributed by atoms with Gasteiger partial charge in [-0.3, -0.25) is 9.48 Å². The molecular weight excluding hydrogens is 452 g/mol. The number of nitrogens with zero attached hydrogens (tertiary/aromatic N) is 4. The highest BCUT2D eigenvalue weighted by atomic mass is 32.1. The molecule has 0 unspecified atom stereocenters. The minimum Gasteiger partial charge on any atom is -0.341 e. The highest BCUT2D eigenvalue weighted by molar-refractivity contribution is 7.15. The molecule has 188 valence electrons. The van der Waals surface area contributed by atoms with E-state index in [1.165, 1.54) is 21.6 Å². The zero-order valence-corrected chi connectivity index (χ0v) is 23.4. The Bertz CT molecular complexity index is 1170. The van der Waals surface area contributed by atoms with Crippen LogP contribution in [0.15, 0.2) is 30.5 Å². The molecule has 5 nitrogen and oxygen atoms in total. The second-order valence-electron chi connectivity index (χ2n) is 12.1. The Balaban J connectivity index is 1.46. The fourth-order valence-corrected chi connectivity index (χ4v) is 5.77. The number of hydrogen-bond acceptors (Lipinski definition) is 4. The van der Waals surface area contributed by atoms with E-state index in [9.17, 15) is 4.79 Å². The number of rotatable bonds is 4. The Kier molecular flexibility index (Phi) is 6.98. The zero-order chi connectivity index (χ0) is 25.5. The first-order valence-corrected chi connectivity index (χ1v) is 13.5. The van der Waals surface area contributed by atoms with Gasteiger partial charge in [0, 0.05) is 35.4 Å². The maximum atomic E-state index is 12.8. The van der Waals surface area contributed by atoms with Gasteiger partial charge in [0.2, 0.25) is 5.91 Å². The van der Waals surface area contributed by atoms with Gasteiger partial charge in [-0.2, -0.15) is 5.10 Å². The van der Waals surface area contributed by atoms with Gasteiger partial charge in [0.05, 0.1) is 5.69 Å². The Hall–Kier alpha value is -2.47. The number of carbonyl (C=O) groups excluding carboxylic acids is 1. The molecule has 35 heavy (non-hydrogen) atoms. The quantitative estimate of drug-likeness (QED) is 0.411. The van der Waals surface area contributed by atoms with Gasteiger partial charge in [-0.25, -0.2) is 4.98 Å². The summed E-state index contributed by atoms with van der Waals surface area (Å²) in [6.07, 6.45) is 4.04. The van der Waals surface area contributed by atoms with E-state index in [2.05, 4.69) is 71.0 Å². The van der Waals surface area contributed by atoms with Gasteiger partial charge in [-0.15, -0.1) is 11.3 Å². The summed E-state index contributed by atoms with van der Waals surface area (Å²) in [5.41, 5.74) is 6.09. The number of carbonyl (C=O) groups is 1. The van der Waals surface area contributed by atoms with Gasteiger partial charge in [0.15, 0.2) is 0 Å². The van der Waals surface area contributed by atoms with Crippen molar-refractivity contribution in [1.82, 2.24) is 19.7 Å². The van der Waals surface area contributed by atoms with Crippen molar-refractivity contribution in [2.24, 2.45) is 0 Å². The zero-order valence-electron chi connectivity index (χ0n) is 22.6. The highest BCUT2D eigenvalue weighted by Crippen LogP contribution is 2.38. The highest BCUT2D eigenvalue weighted by Gasteiger charge is 2.27. The lowest BCUT2D eigenvalue weighted by molar-refractivity contribution is -0.133. The van der Waals surface area contributed by atoms with Crippen molar-refractivity contribution in [1.29, 1.82) is 0 Å². The first-order valence-electron chi connectivity index (χ1n) is 12.7. The van der Waals surface area contributed by atoms with E-state index in [0.717, 1.165) is 42.3 Å². The van der Waals surface area contributed by atoms with Crippen molar-refractivity contribution in [2.45, 2.75) is 91.5 Å². The Morgan fingerprint density at radius 3 is 2.09 bits per heavy atom. The minimum absolute atomic E-state index is 0.0862. The summed E-state index contributed by atoms with van der Waals surface area (Å²) in [5, 5.41) is 5.54. The van der Waals surface area contributed by atoms with Gasteiger partial charge in [0.1, 0.15) is 11.6 Å². The van der Waals surface area contributed by atoms with Crippen LogP contribution in [0.5, 0.6) is 0 Å². The van der Waals surface area contributed by atoms with Crippen molar-refractivity contribution in [3.63, 3.8) is 0 Å². The Morgan fingerprint density at radius 1 is 0.971 bits per heavy atom. The average Bonchev–Trinajstić information content (AvgIpc) is 3.39. The van der Waals surface area contributed by atoms with Crippen molar-refractivity contribution < 1.29 is 4.79 Å². The maximum absolute atomic E-state index is 12.8. The van der Waals surface area contributed by atoms with Crippen LogP contribution in [0.2, 0.25) is 0 Å². The monoisotopic (exact) mass is 492 g/mol. The molecule has 0 spiro atoms. The summed E-state index contributed by atoms with van der Waals surface area (Å²) < 4.78 is 1.82. The number of amides is 1. The maximum Gasteiger partial charge on any atom is 0.244 e. The van der Waals surface area contributed by atoms with Crippen LogP contribution in [0.25, 0.3) is 10.6 Å². The third-order valence-corrected chi connectivity index (χ3v) is 8.28. The van der Waals surface area contributed by atoms with Crippen molar-refractivity contribution in [2.75, 3.05) is 13.1 Å². The van der Waals surface area contributed by atoms with Crippen LogP contribution in [0, 0.1) is 13.8 Å². The molecular formula is C29H40N4OS. The van der Waals surface area contributed by atoms with E-state index in [0.29, 0.717) is 12.5 Å².